The van der Waals surface area contributed by atoms with Crippen LogP contribution in [0.2, 0.25) is 0 Å². The van der Waals surface area contributed by atoms with E-state index in [-0.39, 0.29) is 12.3 Å². The molecule has 2 aromatic rings. The van der Waals surface area contributed by atoms with Gasteiger partial charge in [0, 0.05) is 24.3 Å². The summed E-state index contributed by atoms with van der Waals surface area (Å²) in [4.78, 5) is 10.3. The Balaban J connectivity index is 1.53. The number of non-ortho nitro benzene ring substituents is 1. The van der Waals surface area contributed by atoms with Crippen molar-refractivity contribution in [1.82, 2.24) is 14.8 Å². The summed E-state index contributed by atoms with van der Waals surface area (Å²) in [5.74, 6) is 2.21. The predicted octanol–water partition coefficient (Wildman–Crippen LogP) is 2.78. The number of nitro benzene ring substituents is 1. The van der Waals surface area contributed by atoms with Gasteiger partial charge in [-0.1, -0.05) is 23.9 Å². The van der Waals surface area contributed by atoms with Crippen molar-refractivity contribution >= 4 is 17.4 Å². The SMILES string of the molecule is C=CCn1c(SCC(O)COc2cccc([N+](=O)[O-])c2)nnc1C1CC1. The Labute approximate surface area is 155 Å². The van der Waals surface area contributed by atoms with Gasteiger partial charge in [-0.05, 0) is 18.9 Å². The first-order valence-corrected chi connectivity index (χ1v) is 9.29. The molecule has 1 atom stereocenters. The zero-order chi connectivity index (χ0) is 18.5. The van der Waals surface area contributed by atoms with Gasteiger partial charge in [0.1, 0.15) is 18.2 Å². The summed E-state index contributed by atoms with van der Waals surface area (Å²) in [6.07, 6.45) is 3.35. The van der Waals surface area contributed by atoms with Gasteiger partial charge >= 0.3 is 0 Å². The molecule has 8 nitrogen and oxygen atoms in total. The molecule has 0 aliphatic heterocycles. The standard InChI is InChI=1S/C17H20N4O4S/c1-2-8-20-16(12-6-7-12)18-19-17(20)26-11-14(22)10-25-15-5-3-4-13(9-15)21(23)24/h2-5,9,12,14,22H,1,6-8,10-11H2. The van der Waals surface area contributed by atoms with Crippen LogP contribution in [0.15, 0.2) is 42.1 Å². The molecule has 1 aliphatic rings. The van der Waals surface area contributed by atoms with E-state index in [1.54, 1.807) is 18.2 Å². The van der Waals surface area contributed by atoms with E-state index in [2.05, 4.69) is 16.8 Å². The summed E-state index contributed by atoms with van der Waals surface area (Å²) in [5.41, 5.74) is -0.0449. The molecule has 0 amide bonds. The van der Waals surface area contributed by atoms with E-state index < -0.39 is 11.0 Å². The van der Waals surface area contributed by atoms with Crippen LogP contribution in [0.5, 0.6) is 5.75 Å². The van der Waals surface area contributed by atoms with Gasteiger partial charge in [0.25, 0.3) is 5.69 Å². The molecule has 1 aromatic carbocycles. The van der Waals surface area contributed by atoms with Crippen molar-refractivity contribution in [2.75, 3.05) is 12.4 Å². The molecule has 0 saturated heterocycles. The number of ether oxygens (including phenoxy) is 1. The summed E-state index contributed by atoms with van der Waals surface area (Å²) in [6.45, 7) is 4.45. The zero-order valence-corrected chi connectivity index (χ0v) is 15.0. The number of thioether (sulfide) groups is 1. The second-order valence-electron chi connectivity index (χ2n) is 6.04. The van der Waals surface area contributed by atoms with Crippen molar-refractivity contribution in [3.05, 3.63) is 52.9 Å². The molecule has 1 heterocycles. The van der Waals surface area contributed by atoms with Crippen molar-refractivity contribution in [1.29, 1.82) is 0 Å². The number of rotatable bonds is 10. The van der Waals surface area contributed by atoms with Crippen LogP contribution in [-0.2, 0) is 6.54 Å². The van der Waals surface area contributed by atoms with Crippen LogP contribution < -0.4 is 4.74 Å². The highest BCUT2D eigenvalue weighted by molar-refractivity contribution is 7.99. The lowest BCUT2D eigenvalue weighted by Crippen LogP contribution is -2.20. The number of hydrogen-bond donors (Lipinski definition) is 1. The Kier molecular flexibility index (Phi) is 5.89. The minimum absolute atomic E-state index is 0.0409. The first kappa shape index (κ1) is 18.4. The molecule has 0 bridgehead atoms. The van der Waals surface area contributed by atoms with E-state index in [1.165, 1.54) is 23.9 Å². The first-order valence-electron chi connectivity index (χ1n) is 8.30. The van der Waals surface area contributed by atoms with Gasteiger partial charge in [-0.3, -0.25) is 10.1 Å². The van der Waals surface area contributed by atoms with Gasteiger partial charge < -0.3 is 14.4 Å². The lowest BCUT2D eigenvalue weighted by Gasteiger charge is -2.12. The molecule has 138 valence electrons. The monoisotopic (exact) mass is 376 g/mol. The molecular formula is C17H20N4O4S. The number of aliphatic hydroxyl groups is 1. The highest BCUT2D eigenvalue weighted by atomic mass is 32.2. The van der Waals surface area contributed by atoms with Gasteiger partial charge in [-0.25, -0.2) is 0 Å². The summed E-state index contributed by atoms with van der Waals surface area (Å²) in [7, 11) is 0. The van der Waals surface area contributed by atoms with Crippen LogP contribution in [0.1, 0.15) is 24.6 Å². The third-order valence-corrected chi connectivity index (χ3v) is 4.99. The Morgan fingerprint density at radius 1 is 1.50 bits per heavy atom. The van der Waals surface area contributed by atoms with Crippen LogP contribution in [0.25, 0.3) is 0 Å². The van der Waals surface area contributed by atoms with Crippen molar-refractivity contribution in [3.63, 3.8) is 0 Å². The van der Waals surface area contributed by atoms with Gasteiger partial charge in [0.15, 0.2) is 5.16 Å². The number of aromatic nitrogens is 3. The second kappa shape index (κ2) is 8.33. The fourth-order valence-corrected chi connectivity index (χ4v) is 3.31. The Hall–Kier alpha value is -2.39. The van der Waals surface area contributed by atoms with E-state index in [1.807, 2.05) is 4.57 Å². The number of nitro groups is 1. The molecule has 1 saturated carbocycles. The number of hydrogen-bond acceptors (Lipinski definition) is 7. The topological polar surface area (TPSA) is 103 Å². The summed E-state index contributed by atoms with van der Waals surface area (Å²) >= 11 is 1.41. The van der Waals surface area contributed by atoms with Crippen molar-refractivity contribution in [2.45, 2.75) is 36.6 Å². The number of benzene rings is 1. The largest absolute Gasteiger partial charge is 0.491 e. The van der Waals surface area contributed by atoms with Crippen LogP contribution in [0, 0.1) is 10.1 Å². The maximum atomic E-state index is 10.8. The molecule has 0 radical (unpaired) electrons. The number of nitrogens with zero attached hydrogens (tertiary/aromatic N) is 4. The predicted molar refractivity (Wildman–Crippen MR) is 97.5 cm³/mol. The van der Waals surface area contributed by atoms with E-state index in [0.29, 0.717) is 24.0 Å². The lowest BCUT2D eigenvalue weighted by atomic mass is 10.3. The molecule has 1 fully saturated rings. The average Bonchev–Trinajstić information content (AvgIpc) is 3.40. The molecule has 1 N–H and O–H groups in total. The summed E-state index contributed by atoms with van der Waals surface area (Å²) < 4.78 is 7.48. The lowest BCUT2D eigenvalue weighted by molar-refractivity contribution is -0.384. The molecular weight excluding hydrogens is 356 g/mol. The Morgan fingerprint density at radius 3 is 3.00 bits per heavy atom. The zero-order valence-electron chi connectivity index (χ0n) is 14.2. The smallest absolute Gasteiger partial charge is 0.273 e. The Bertz CT molecular complexity index is 791. The molecule has 1 aromatic heterocycles. The van der Waals surface area contributed by atoms with E-state index in [0.717, 1.165) is 23.8 Å². The van der Waals surface area contributed by atoms with Crippen LogP contribution in [0.4, 0.5) is 5.69 Å². The van der Waals surface area contributed by atoms with E-state index in [9.17, 15) is 15.2 Å². The molecule has 1 aliphatic carbocycles. The quantitative estimate of drug-likeness (QED) is 0.294. The second-order valence-corrected chi connectivity index (χ2v) is 7.03. The van der Waals surface area contributed by atoms with Gasteiger partial charge in [0.05, 0.1) is 17.1 Å². The molecule has 3 rings (SSSR count). The maximum absolute atomic E-state index is 10.8. The normalized spacial score (nSPS) is 14.8. The van der Waals surface area contributed by atoms with E-state index >= 15 is 0 Å². The molecule has 0 spiro atoms. The van der Waals surface area contributed by atoms with Gasteiger partial charge in [0.2, 0.25) is 0 Å². The molecule has 1 unspecified atom stereocenters. The fourth-order valence-electron chi connectivity index (χ4n) is 2.45. The minimum Gasteiger partial charge on any atom is -0.491 e. The third kappa shape index (κ3) is 4.61. The molecule has 9 heteroatoms. The van der Waals surface area contributed by atoms with Gasteiger partial charge in [-0.15, -0.1) is 16.8 Å². The maximum Gasteiger partial charge on any atom is 0.273 e. The fraction of sp³-hybridized carbons (Fsp3) is 0.412. The highest BCUT2D eigenvalue weighted by Gasteiger charge is 2.30. The van der Waals surface area contributed by atoms with Crippen LogP contribution in [0.3, 0.4) is 0 Å². The minimum atomic E-state index is -0.738. The average molecular weight is 376 g/mol. The van der Waals surface area contributed by atoms with Crippen molar-refractivity contribution in [3.8, 4) is 5.75 Å². The number of allylic oxidation sites excluding steroid dienone is 1. The van der Waals surface area contributed by atoms with Crippen molar-refractivity contribution < 1.29 is 14.8 Å². The summed E-state index contributed by atoms with van der Waals surface area (Å²) in [5, 5.41) is 30.1. The van der Waals surface area contributed by atoms with Crippen LogP contribution >= 0.6 is 11.8 Å². The Morgan fingerprint density at radius 2 is 2.31 bits per heavy atom. The van der Waals surface area contributed by atoms with E-state index in [4.69, 9.17) is 4.74 Å². The highest BCUT2D eigenvalue weighted by Crippen LogP contribution is 2.40. The summed E-state index contributed by atoms with van der Waals surface area (Å²) in [6, 6.07) is 5.90. The van der Waals surface area contributed by atoms with Crippen molar-refractivity contribution in [2.24, 2.45) is 0 Å². The van der Waals surface area contributed by atoms with Crippen LogP contribution in [-0.4, -0.2) is 43.3 Å². The van der Waals surface area contributed by atoms with Gasteiger partial charge in [-0.2, -0.15) is 0 Å². The third-order valence-electron chi connectivity index (χ3n) is 3.88. The molecule has 26 heavy (non-hydrogen) atoms. The number of aliphatic hydroxyl groups excluding tert-OH is 1. The first-order chi connectivity index (χ1) is 12.6.